The highest BCUT2D eigenvalue weighted by molar-refractivity contribution is 7.89. The molecule has 1 atom stereocenters. The first-order valence-corrected chi connectivity index (χ1v) is 13.5. The molecule has 0 spiro atoms. The third kappa shape index (κ3) is 8.45. The van der Waals surface area contributed by atoms with Crippen LogP contribution in [0.25, 0.3) is 0 Å². The first kappa shape index (κ1) is 26.8. The number of hydrogen-bond acceptors (Lipinski definition) is 5. The third-order valence-electron chi connectivity index (χ3n) is 5.95. The molecule has 35 heavy (non-hydrogen) atoms. The SMILES string of the molecule is COCCCNC(=O)[C@H](C)N(Cc1ccccc1)C(=O)CCc1ccc(S(=O)(=O)NC2CC2)cc1. The van der Waals surface area contributed by atoms with Crippen molar-refractivity contribution >= 4 is 21.8 Å². The molecule has 0 unspecified atom stereocenters. The van der Waals surface area contributed by atoms with E-state index < -0.39 is 16.1 Å². The van der Waals surface area contributed by atoms with E-state index in [0.29, 0.717) is 32.5 Å². The monoisotopic (exact) mass is 501 g/mol. The van der Waals surface area contributed by atoms with Gasteiger partial charge in [-0.05, 0) is 55.9 Å². The van der Waals surface area contributed by atoms with Gasteiger partial charge in [0.1, 0.15) is 6.04 Å². The minimum absolute atomic E-state index is 0.0482. The molecule has 190 valence electrons. The molecule has 9 heteroatoms. The molecule has 1 aliphatic rings. The molecule has 0 aromatic heterocycles. The minimum Gasteiger partial charge on any atom is -0.385 e. The Labute approximate surface area is 208 Å². The Morgan fingerprint density at radius 3 is 2.37 bits per heavy atom. The van der Waals surface area contributed by atoms with Crippen LogP contribution in [0.4, 0.5) is 0 Å². The predicted molar refractivity (Wildman–Crippen MR) is 134 cm³/mol. The Morgan fingerprint density at radius 2 is 1.74 bits per heavy atom. The molecular formula is C26H35N3O5S. The third-order valence-corrected chi connectivity index (χ3v) is 7.48. The summed E-state index contributed by atoms with van der Waals surface area (Å²) in [6.07, 6.45) is 3.11. The number of benzene rings is 2. The van der Waals surface area contributed by atoms with Gasteiger partial charge < -0.3 is 15.0 Å². The van der Waals surface area contributed by atoms with E-state index in [1.54, 1.807) is 43.2 Å². The van der Waals surface area contributed by atoms with Crippen LogP contribution in [0, 0.1) is 0 Å². The number of nitrogens with zero attached hydrogens (tertiary/aromatic N) is 1. The molecule has 0 saturated heterocycles. The van der Waals surface area contributed by atoms with Crippen molar-refractivity contribution in [2.75, 3.05) is 20.3 Å². The lowest BCUT2D eigenvalue weighted by atomic mass is 10.1. The van der Waals surface area contributed by atoms with E-state index in [2.05, 4.69) is 10.0 Å². The summed E-state index contributed by atoms with van der Waals surface area (Å²) >= 11 is 0. The fourth-order valence-electron chi connectivity index (χ4n) is 3.66. The molecule has 3 rings (SSSR count). The summed E-state index contributed by atoms with van der Waals surface area (Å²) in [6, 6.07) is 15.6. The molecule has 8 nitrogen and oxygen atoms in total. The molecule has 0 radical (unpaired) electrons. The van der Waals surface area contributed by atoms with Gasteiger partial charge in [0.15, 0.2) is 0 Å². The van der Waals surface area contributed by atoms with Crippen molar-refractivity contribution in [1.82, 2.24) is 14.9 Å². The molecular weight excluding hydrogens is 466 g/mol. The maximum atomic E-state index is 13.2. The lowest BCUT2D eigenvalue weighted by molar-refractivity contribution is -0.140. The van der Waals surface area contributed by atoms with E-state index in [9.17, 15) is 18.0 Å². The average molecular weight is 502 g/mol. The van der Waals surface area contributed by atoms with Crippen LogP contribution in [0.2, 0.25) is 0 Å². The van der Waals surface area contributed by atoms with E-state index in [1.807, 2.05) is 30.3 Å². The molecule has 0 heterocycles. The standard InChI is InChI=1S/C26H35N3O5S/c1-20(26(31)27-17-6-18-34-2)29(19-22-7-4-3-5-8-22)25(30)16-11-21-9-14-24(15-10-21)35(32,33)28-23-12-13-23/h3-5,7-10,14-15,20,23,28H,6,11-13,16-19H2,1-2H3,(H,27,31)/t20-/m0/s1. The van der Waals surface area contributed by atoms with Gasteiger partial charge in [-0.1, -0.05) is 42.5 Å². The normalized spacial score (nSPS) is 14.3. The van der Waals surface area contributed by atoms with Crippen molar-refractivity contribution in [3.8, 4) is 0 Å². The highest BCUT2D eigenvalue weighted by Gasteiger charge is 2.28. The summed E-state index contributed by atoms with van der Waals surface area (Å²) in [5, 5.41) is 2.87. The van der Waals surface area contributed by atoms with Gasteiger partial charge in [0.25, 0.3) is 0 Å². The highest BCUT2D eigenvalue weighted by atomic mass is 32.2. The molecule has 2 amide bonds. The summed E-state index contributed by atoms with van der Waals surface area (Å²) < 4.78 is 32.4. The second-order valence-electron chi connectivity index (χ2n) is 8.86. The Bertz CT molecular complexity index is 1070. The second kappa shape index (κ2) is 12.8. The first-order valence-electron chi connectivity index (χ1n) is 12.0. The van der Waals surface area contributed by atoms with Gasteiger partial charge in [0.05, 0.1) is 4.90 Å². The number of carbonyl (C=O) groups is 2. The number of methoxy groups -OCH3 is 1. The molecule has 1 saturated carbocycles. The van der Waals surface area contributed by atoms with E-state index in [0.717, 1.165) is 24.0 Å². The van der Waals surface area contributed by atoms with Crippen LogP contribution >= 0.6 is 0 Å². The molecule has 0 aliphatic heterocycles. The van der Waals surface area contributed by atoms with Crippen molar-refractivity contribution in [2.45, 2.75) is 62.6 Å². The van der Waals surface area contributed by atoms with Crippen molar-refractivity contribution < 1.29 is 22.7 Å². The molecule has 2 N–H and O–H groups in total. The maximum absolute atomic E-state index is 13.2. The Balaban J connectivity index is 1.62. The number of carbonyl (C=O) groups excluding carboxylic acids is 2. The van der Waals surface area contributed by atoms with E-state index in [1.165, 1.54) is 0 Å². The van der Waals surface area contributed by atoms with Crippen LogP contribution in [0.1, 0.15) is 43.7 Å². The fraction of sp³-hybridized carbons (Fsp3) is 0.462. The molecule has 1 aliphatic carbocycles. The summed E-state index contributed by atoms with van der Waals surface area (Å²) in [7, 11) is -1.89. The molecule has 2 aromatic rings. The molecule has 0 bridgehead atoms. The zero-order valence-corrected chi connectivity index (χ0v) is 21.2. The predicted octanol–water partition coefficient (Wildman–Crippen LogP) is 2.63. The Kier molecular flexibility index (Phi) is 9.83. The van der Waals surface area contributed by atoms with E-state index in [4.69, 9.17) is 4.74 Å². The number of rotatable bonds is 14. The van der Waals surface area contributed by atoms with Crippen LogP contribution in [0.5, 0.6) is 0 Å². The Morgan fingerprint density at radius 1 is 1.06 bits per heavy atom. The van der Waals surface area contributed by atoms with E-state index >= 15 is 0 Å². The fourth-order valence-corrected chi connectivity index (χ4v) is 4.96. The van der Waals surface area contributed by atoms with Crippen molar-refractivity contribution in [2.24, 2.45) is 0 Å². The van der Waals surface area contributed by atoms with Crippen molar-refractivity contribution in [1.29, 1.82) is 0 Å². The quantitative estimate of drug-likeness (QED) is 0.387. The topological polar surface area (TPSA) is 105 Å². The highest BCUT2D eigenvalue weighted by Crippen LogP contribution is 2.22. The second-order valence-corrected chi connectivity index (χ2v) is 10.6. The molecule has 1 fully saturated rings. The lowest BCUT2D eigenvalue weighted by Gasteiger charge is -2.29. The van der Waals surface area contributed by atoms with Crippen molar-refractivity contribution in [3.63, 3.8) is 0 Å². The van der Waals surface area contributed by atoms with Crippen LogP contribution in [-0.4, -0.2) is 57.5 Å². The van der Waals surface area contributed by atoms with Gasteiger partial charge in [0.2, 0.25) is 21.8 Å². The van der Waals surface area contributed by atoms with Gasteiger partial charge in [-0.3, -0.25) is 9.59 Å². The number of aryl methyl sites for hydroxylation is 1. The van der Waals surface area contributed by atoms with Crippen LogP contribution < -0.4 is 10.0 Å². The number of hydrogen-bond donors (Lipinski definition) is 2. The molecule has 2 aromatic carbocycles. The minimum atomic E-state index is -3.50. The van der Waals surface area contributed by atoms with Gasteiger partial charge in [0, 0.05) is 39.3 Å². The maximum Gasteiger partial charge on any atom is 0.242 e. The van der Waals surface area contributed by atoms with Gasteiger partial charge in [-0.15, -0.1) is 0 Å². The van der Waals surface area contributed by atoms with Crippen LogP contribution in [-0.2, 0) is 37.3 Å². The van der Waals surface area contributed by atoms with Gasteiger partial charge >= 0.3 is 0 Å². The van der Waals surface area contributed by atoms with Crippen molar-refractivity contribution in [3.05, 3.63) is 65.7 Å². The average Bonchev–Trinajstić information content (AvgIpc) is 3.67. The number of amides is 2. The smallest absolute Gasteiger partial charge is 0.242 e. The zero-order valence-electron chi connectivity index (χ0n) is 20.4. The van der Waals surface area contributed by atoms with E-state index in [-0.39, 0.29) is 29.2 Å². The first-order chi connectivity index (χ1) is 16.8. The summed E-state index contributed by atoms with van der Waals surface area (Å²) in [5.41, 5.74) is 1.80. The number of sulfonamides is 1. The zero-order chi connectivity index (χ0) is 25.3. The summed E-state index contributed by atoms with van der Waals surface area (Å²) in [5.74, 6) is -0.344. The Hall–Kier alpha value is -2.75. The number of nitrogens with one attached hydrogen (secondary N) is 2. The number of ether oxygens (including phenoxy) is 1. The largest absolute Gasteiger partial charge is 0.385 e. The summed E-state index contributed by atoms with van der Waals surface area (Å²) in [4.78, 5) is 27.8. The van der Waals surface area contributed by atoms with Crippen LogP contribution in [0.15, 0.2) is 59.5 Å². The lowest BCUT2D eigenvalue weighted by Crippen LogP contribution is -2.48. The van der Waals surface area contributed by atoms with Crippen LogP contribution in [0.3, 0.4) is 0 Å². The van der Waals surface area contributed by atoms with Gasteiger partial charge in [-0.2, -0.15) is 0 Å². The summed E-state index contributed by atoms with van der Waals surface area (Å²) in [6.45, 7) is 3.10. The van der Waals surface area contributed by atoms with Gasteiger partial charge in [-0.25, -0.2) is 13.1 Å².